The Morgan fingerprint density at radius 3 is 2.56 bits per heavy atom. The molecule has 7 heteroatoms. The number of H-pyrrole nitrogens is 1. The van der Waals surface area contributed by atoms with E-state index in [1.54, 1.807) is 54.7 Å². The summed E-state index contributed by atoms with van der Waals surface area (Å²) < 4.78 is 5.20. The Labute approximate surface area is 155 Å². The maximum absolute atomic E-state index is 12.3. The van der Waals surface area contributed by atoms with Crippen LogP contribution in [0.5, 0.6) is 0 Å². The lowest BCUT2D eigenvalue weighted by molar-refractivity contribution is -0.114. The molecule has 1 heterocycles. The minimum absolute atomic E-state index is 0.214. The molecular weight excluding hydrogens is 346 g/mol. The van der Waals surface area contributed by atoms with E-state index in [0.717, 1.165) is 5.52 Å². The van der Waals surface area contributed by atoms with Crippen LogP contribution in [0.3, 0.4) is 0 Å². The number of rotatable bonds is 6. The number of ether oxygens (including phenoxy) is 1. The van der Waals surface area contributed by atoms with E-state index in [0.29, 0.717) is 22.2 Å². The van der Waals surface area contributed by atoms with Crippen LogP contribution in [0.2, 0.25) is 0 Å². The highest BCUT2D eigenvalue weighted by atomic mass is 16.5. The maximum Gasteiger partial charge on any atom is 0.338 e. The van der Waals surface area contributed by atoms with Crippen LogP contribution in [0.15, 0.2) is 54.7 Å². The van der Waals surface area contributed by atoms with Gasteiger partial charge < -0.3 is 20.8 Å². The number of esters is 1. The molecule has 1 atom stereocenters. The zero-order valence-corrected chi connectivity index (χ0v) is 14.7. The Balaban J connectivity index is 1.69. The van der Waals surface area contributed by atoms with Crippen LogP contribution in [0.4, 0.5) is 5.69 Å². The van der Waals surface area contributed by atoms with Crippen molar-refractivity contribution in [2.24, 2.45) is 5.73 Å². The molecule has 0 aliphatic carbocycles. The molecule has 7 nitrogen and oxygen atoms in total. The van der Waals surface area contributed by atoms with E-state index in [2.05, 4.69) is 10.3 Å². The van der Waals surface area contributed by atoms with Gasteiger partial charge in [0.2, 0.25) is 5.91 Å². The van der Waals surface area contributed by atoms with Gasteiger partial charge in [-0.25, -0.2) is 4.79 Å². The molecule has 0 aliphatic heterocycles. The summed E-state index contributed by atoms with van der Waals surface area (Å²) in [6.45, 7) is 1.18. The molecule has 0 fully saturated rings. The number of fused-ring (bicyclic) bond motifs is 1. The van der Waals surface area contributed by atoms with Crippen molar-refractivity contribution >= 4 is 34.3 Å². The Bertz CT molecular complexity index is 995. The molecule has 0 radical (unpaired) electrons. The Morgan fingerprint density at radius 2 is 1.85 bits per heavy atom. The van der Waals surface area contributed by atoms with E-state index < -0.39 is 12.0 Å². The monoisotopic (exact) mass is 365 g/mol. The number of hydrogen-bond acceptors (Lipinski definition) is 5. The van der Waals surface area contributed by atoms with Gasteiger partial charge in [-0.3, -0.25) is 9.59 Å². The number of nitrogens with two attached hydrogens (primary N) is 1. The van der Waals surface area contributed by atoms with Crippen molar-refractivity contribution in [3.63, 3.8) is 0 Å². The fraction of sp³-hybridized carbons (Fsp3) is 0.150. The van der Waals surface area contributed by atoms with Gasteiger partial charge in [0.15, 0.2) is 5.78 Å². The molecule has 0 saturated heterocycles. The summed E-state index contributed by atoms with van der Waals surface area (Å²) in [6, 6.07) is 12.6. The van der Waals surface area contributed by atoms with Gasteiger partial charge in [-0.1, -0.05) is 30.3 Å². The molecule has 0 saturated carbocycles. The molecule has 0 aliphatic rings. The van der Waals surface area contributed by atoms with Gasteiger partial charge >= 0.3 is 5.97 Å². The number of aromatic amines is 1. The van der Waals surface area contributed by atoms with Crippen LogP contribution in [0.1, 0.15) is 27.6 Å². The summed E-state index contributed by atoms with van der Waals surface area (Å²) in [7, 11) is 0. The lowest BCUT2D eigenvalue weighted by atomic mass is 10.1. The van der Waals surface area contributed by atoms with Crippen molar-refractivity contribution in [3.8, 4) is 0 Å². The van der Waals surface area contributed by atoms with Crippen molar-refractivity contribution in [2.45, 2.75) is 13.0 Å². The van der Waals surface area contributed by atoms with Gasteiger partial charge in [0.1, 0.15) is 12.6 Å². The summed E-state index contributed by atoms with van der Waals surface area (Å²) in [4.78, 5) is 38.8. The third-order valence-corrected chi connectivity index (χ3v) is 4.02. The average molecular weight is 365 g/mol. The maximum atomic E-state index is 12.3. The fourth-order valence-electron chi connectivity index (χ4n) is 2.68. The lowest BCUT2D eigenvalue weighted by Gasteiger charge is -2.11. The highest BCUT2D eigenvalue weighted by Gasteiger charge is 2.18. The summed E-state index contributed by atoms with van der Waals surface area (Å²) >= 11 is 0. The number of ketones is 1. The van der Waals surface area contributed by atoms with Crippen molar-refractivity contribution in [1.29, 1.82) is 0 Å². The molecule has 2 aromatic carbocycles. The largest absolute Gasteiger partial charge is 0.460 e. The standard InChI is InChI=1S/C20H19N3O4/c1-12(24)23-18-10-22-17-8-7-14(9-15(17)18)20(26)27-11-16(21)19(25)13-5-3-2-4-6-13/h2-10,16,22H,11,21H2,1H3,(H,23,24). The number of anilines is 1. The third kappa shape index (κ3) is 4.21. The molecule has 3 aromatic rings. The van der Waals surface area contributed by atoms with E-state index in [9.17, 15) is 14.4 Å². The minimum Gasteiger partial charge on any atom is -0.460 e. The van der Waals surface area contributed by atoms with Crippen LogP contribution in [-0.4, -0.2) is 35.3 Å². The molecule has 3 rings (SSSR count). The SMILES string of the molecule is CC(=O)Nc1c[nH]c2ccc(C(=O)OCC(N)C(=O)c3ccccc3)cc12. The molecule has 0 spiro atoms. The summed E-state index contributed by atoms with van der Waals surface area (Å²) in [5, 5.41) is 3.37. The van der Waals surface area contributed by atoms with Crippen LogP contribution in [-0.2, 0) is 9.53 Å². The van der Waals surface area contributed by atoms with Gasteiger partial charge in [-0.2, -0.15) is 0 Å². The lowest BCUT2D eigenvalue weighted by Crippen LogP contribution is -2.36. The number of aromatic nitrogens is 1. The van der Waals surface area contributed by atoms with E-state index >= 15 is 0 Å². The first-order valence-corrected chi connectivity index (χ1v) is 8.36. The van der Waals surface area contributed by atoms with Crippen molar-refractivity contribution in [1.82, 2.24) is 4.98 Å². The number of carbonyl (C=O) groups excluding carboxylic acids is 3. The quantitative estimate of drug-likeness (QED) is 0.459. The van der Waals surface area contributed by atoms with E-state index in [-0.39, 0.29) is 18.3 Å². The second-order valence-electron chi connectivity index (χ2n) is 6.08. The molecule has 0 bridgehead atoms. The average Bonchev–Trinajstić information content (AvgIpc) is 3.07. The number of Topliss-reactive ketones (excluding diaryl/α,β-unsaturated/α-hetero) is 1. The predicted molar refractivity (Wildman–Crippen MR) is 102 cm³/mol. The van der Waals surface area contributed by atoms with E-state index in [1.165, 1.54) is 6.92 Å². The van der Waals surface area contributed by atoms with E-state index in [1.807, 2.05) is 0 Å². The van der Waals surface area contributed by atoms with Crippen LogP contribution in [0, 0.1) is 0 Å². The first-order valence-electron chi connectivity index (χ1n) is 8.36. The summed E-state index contributed by atoms with van der Waals surface area (Å²) in [5.41, 5.74) is 7.96. The Morgan fingerprint density at radius 1 is 1.11 bits per heavy atom. The third-order valence-electron chi connectivity index (χ3n) is 4.02. The highest BCUT2D eigenvalue weighted by Crippen LogP contribution is 2.24. The van der Waals surface area contributed by atoms with Crippen molar-refractivity contribution < 1.29 is 19.1 Å². The predicted octanol–water partition coefficient (Wildman–Crippen LogP) is 2.49. The minimum atomic E-state index is -0.942. The first kappa shape index (κ1) is 18.3. The second kappa shape index (κ2) is 7.84. The van der Waals surface area contributed by atoms with Gasteiger partial charge in [0.25, 0.3) is 0 Å². The smallest absolute Gasteiger partial charge is 0.338 e. The first-order chi connectivity index (χ1) is 13.0. The number of nitrogens with one attached hydrogen (secondary N) is 2. The highest BCUT2D eigenvalue weighted by molar-refractivity contribution is 6.04. The van der Waals surface area contributed by atoms with Gasteiger partial charge in [-0.05, 0) is 18.2 Å². The molecule has 1 aromatic heterocycles. The van der Waals surface area contributed by atoms with E-state index in [4.69, 9.17) is 10.5 Å². The summed E-state index contributed by atoms with van der Waals surface area (Å²) in [5.74, 6) is -1.10. The zero-order valence-electron chi connectivity index (χ0n) is 14.7. The Kier molecular flexibility index (Phi) is 5.33. The topological polar surface area (TPSA) is 114 Å². The molecule has 27 heavy (non-hydrogen) atoms. The molecule has 138 valence electrons. The van der Waals surface area contributed by atoms with Gasteiger partial charge in [-0.15, -0.1) is 0 Å². The fourth-order valence-corrected chi connectivity index (χ4v) is 2.68. The zero-order chi connectivity index (χ0) is 19.4. The van der Waals surface area contributed by atoms with Crippen LogP contribution >= 0.6 is 0 Å². The summed E-state index contributed by atoms with van der Waals surface area (Å²) in [6.07, 6.45) is 1.65. The van der Waals surface area contributed by atoms with Gasteiger partial charge in [0, 0.05) is 29.6 Å². The molecular formula is C20H19N3O4. The van der Waals surface area contributed by atoms with Crippen LogP contribution in [0.25, 0.3) is 10.9 Å². The number of hydrogen-bond donors (Lipinski definition) is 3. The number of carbonyl (C=O) groups is 3. The van der Waals surface area contributed by atoms with Gasteiger partial charge in [0.05, 0.1) is 11.3 Å². The van der Waals surface area contributed by atoms with Crippen molar-refractivity contribution in [2.75, 3.05) is 11.9 Å². The normalized spacial score (nSPS) is 11.8. The molecule has 1 amide bonds. The van der Waals surface area contributed by atoms with Crippen molar-refractivity contribution in [3.05, 3.63) is 65.9 Å². The van der Waals surface area contributed by atoms with Crippen LogP contribution < -0.4 is 11.1 Å². The Hall–Kier alpha value is -3.45. The number of benzene rings is 2. The molecule has 1 unspecified atom stereocenters. The molecule has 4 N–H and O–H groups in total. The second-order valence-corrected chi connectivity index (χ2v) is 6.08. The number of amides is 1.